The average molecular weight is 326 g/mol. The van der Waals surface area contributed by atoms with Gasteiger partial charge in [-0.1, -0.05) is 24.3 Å². The van der Waals surface area contributed by atoms with Crippen LogP contribution in [0.5, 0.6) is 5.75 Å². The third kappa shape index (κ3) is 3.32. The fraction of sp³-hybridized carbons (Fsp3) is 0. The van der Waals surface area contributed by atoms with Crippen LogP contribution in [0.2, 0.25) is 0 Å². The van der Waals surface area contributed by atoms with Crippen molar-refractivity contribution in [3.63, 3.8) is 0 Å². The van der Waals surface area contributed by atoms with Crippen LogP contribution in [0.4, 0.5) is 5.69 Å². The number of aromatic hydroxyl groups is 1. The minimum absolute atomic E-state index is 0.121. The van der Waals surface area contributed by atoms with Gasteiger partial charge in [0.25, 0.3) is 10.0 Å². The van der Waals surface area contributed by atoms with Gasteiger partial charge in [-0.15, -0.1) is 0 Å². The van der Waals surface area contributed by atoms with Crippen molar-refractivity contribution in [3.8, 4) is 16.9 Å². The molecule has 3 aromatic rings. The third-order valence-corrected chi connectivity index (χ3v) is 4.71. The minimum atomic E-state index is -3.76. The summed E-state index contributed by atoms with van der Waals surface area (Å²) in [6, 6.07) is 16.4. The van der Waals surface area contributed by atoms with Crippen molar-refractivity contribution in [1.29, 1.82) is 0 Å². The molecule has 0 radical (unpaired) electrons. The molecule has 116 valence electrons. The second-order valence-electron chi connectivity index (χ2n) is 4.88. The number of nitrogens with one attached hydrogen (secondary N) is 1. The lowest BCUT2D eigenvalue weighted by atomic mass is 10.1. The molecule has 3 rings (SSSR count). The fourth-order valence-electron chi connectivity index (χ4n) is 2.13. The number of nitrogens with zero attached hydrogens (tertiary/aromatic N) is 1. The molecule has 2 aromatic carbocycles. The number of anilines is 1. The first kappa shape index (κ1) is 15.1. The van der Waals surface area contributed by atoms with E-state index < -0.39 is 10.0 Å². The van der Waals surface area contributed by atoms with Crippen LogP contribution in [0.3, 0.4) is 0 Å². The van der Waals surface area contributed by atoms with Crippen LogP contribution in [0.25, 0.3) is 11.1 Å². The summed E-state index contributed by atoms with van der Waals surface area (Å²) in [6.07, 6.45) is 3.36. The molecular formula is C17H14N2O3S. The molecule has 0 spiro atoms. The number of aromatic nitrogens is 1. The summed E-state index contributed by atoms with van der Waals surface area (Å²) in [7, 11) is -3.76. The van der Waals surface area contributed by atoms with E-state index in [4.69, 9.17) is 0 Å². The van der Waals surface area contributed by atoms with Crippen molar-refractivity contribution in [2.24, 2.45) is 0 Å². The maximum Gasteiger partial charge on any atom is 0.262 e. The first-order valence-electron chi connectivity index (χ1n) is 6.87. The summed E-state index contributed by atoms with van der Waals surface area (Å²) >= 11 is 0. The highest BCUT2D eigenvalue weighted by Crippen LogP contribution is 2.26. The number of phenols is 1. The summed E-state index contributed by atoms with van der Waals surface area (Å²) in [5.74, 6) is -0.121. The Bertz CT molecular complexity index is 908. The monoisotopic (exact) mass is 326 g/mol. The molecule has 0 aliphatic rings. The molecular weight excluding hydrogens is 312 g/mol. The van der Waals surface area contributed by atoms with E-state index >= 15 is 0 Å². The van der Waals surface area contributed by atoms with Crippen LogP contribution < -0.4 is 4.72 Å². The van der Waals surface area contributed by atoms with Gasteiger partial charge < -0.3 is 5.11 Å². The smallest absolute Gasteiger partial charge is 0.262 e. The lowest BCUT2D eigenvalue weighted by Gasteiger charge is -2.10. The molecule has 0 amide bonds. The second kappa shape index (κ2) is 6.10. The molecule has 1 aromatic heterocycles. The number of para-hydroxylation sites is 2. The molecule has 0 saturated carbocycles. The van der Waals surface area contributed by atoms with Crippen molar-refractivity contribution < 1.29 is 13.5 Å². The molecule has 2 N–H and O–H groups in total. The predicted octanol–water partition coefficient (Wildman–Crippen LogP) is 3.26. The quantitative estimate of drug-likeness (QED) is 0.721. The predicted molar refractivity (Wildman–Crippen MR) is 88.6 cm³/mol. The Morgan fingerprint density at radius 1 is 0.826 bits per heavy atom. The number of hydrogen-bond donors (Lipinski definition) is 2. The zero-order valence-electron chi connectivity index (χ0n) is 12.0. The van der Waals surface area contributed by atoms with E-state index in [9.17, 15) is 13.5 Å². The highest BCUT2D eigenvalue weighted by molar-refractivity contribution is 7.92. The highest BCUT2D eigenvalue weighted by Gasteiger charge is 2.15. The Morgan fingerprint density at radius 3 is 2.09 bits per heavy atom. The molecule has 0 atom stereocenters. The van der Waals surface area contributed by atoms with Gasteiger partial charge in [0.1, 0.15) is 5.75 Å². The van der Waals surface area contributed by atoms with Gasteiger partial charge in [-0.3, -0.25) is 9.71 Å². The van der Waals surface area contributed by atoms with Crippen LogP contribution in [-0.2, 0) is 10.0 Å². The highest BCUT2D eigenvalue weighted by atomic mass is 32.2. The number of sulfonamides is 1. The second-order valence-corrected chi connectivity index (χ2v) is 6.57. The summed E-state index contributed by atoms with van der Waals surface area (Å²) < 4.78 is 27.1. The normalized spacial score (nSPS) is 11.1. The zero-order chi connectivity index (χ0) is 16.3. The Hall–Kier alpha value is -2.86. The zero-order valence-corrected chi connectivity index (χ0v) is 12.9. The van der Waals surface area contributed by atoms with E-state index in [0.29, 0.717) is 0 Å². The van der Waals surface area contributed by atoms with Crippen molar-refractivity contribution in [1.82, 2.24) is 4.98 Å². The Morgan fingerprint density at radius 2 is 1.43 bits per heavy atom. The first-order chi connectivity index (χ1) is 11.1. The number of benzene rings is 2. The van der Waals surface area contributed by atoms with E-state index in [2.05, 4.69) is 9.71 Å². The Kier molecular flexibility index (Phi) is 3.99. The maximum absolute atomic E-state index is 12.4. The van der Waals surface area contributed by atoms with E-state index in [0.717, 1.165) is 11.1 Å². The molecule has 0 fully saturated rings. The van der Waals surface area contributed by atoms with Gasteiger partial charge in [0, 0.05) is 12.4 Å². The molecule has 0 unspecified atom stereocenters. The molecule has 0 bridgehead atoms. The molecule has 0 saturated heterocycles. The van der Waals surface area contributed by atoms with Gasteiger partial charge in [0.2, 0.25) is 0 Å². The van der Waals surface area contributed by atoms with Crippen LogP contribution in [0, 0.1) is 0 Å². The van der Waals surface area contributed by atoms with E-state index in [1.165, 1.54) is 24.3 Å². The van der Waals surface area contributed by atoms with E-state index in [1.807, 2.05) is 12.1 Å². The van der Waals surface area contributed by atoms with Crippen molar-refractivity contribution in [2.45, 2.75) is 4.90 Å². The molecule has 6 heteroatoms. The van der Waals surface area contributed by atoms with Crippen molar-refractivity contribution in [3.05, 3.63) is 73.1 Å². The van der Waals surface area contributed by atoms with Crippen LogP contribution in [0.1, 0.15) is 0 Å². The first-order valence-corrected chi connectivity index (χ1v) is 8.36. The van der Waals surface area contributed by atoms with Gasteiger partial charge in [-0.2, -0.15) is 0 Å². The molecule has 1 heterocycles. The van der Waals surface area contributed by atoms with Crippen LogP contribution in [-0.4, -0.2) is 18.5 Å². The number of pyridine rings is 1. The summed E-state index contributed by atoms with van der Waals surface area (Å²) in [4.78, 5) is 4.08. The summed E-state index contributed by atoms with van der Waals surface area (Å²) in [5.41, 5.74) is 2.00. The molecule has 0 aliphatic carbocycles. The Balaban J connectivity index is 1.88. The number of hydrogen-bond acceptors (Lipinski definition) is 4. The average Bonchev–Trinajstić information content (AvgIpc) is 2.58. The van der Waals surface area contributed by atoms with Gasteiger partial charge >= 0.3 is 0 Å². The van der Waals surface area contributed by atoms with Gasteiger partial charge in [-0.05, 0) is 47.5 Å². The topological polar surface area (TPSA) is 79.3 Å². The Labute approximate surface area is 134 Å². The summed E-state index contributed by atoms with van der Waals surface area (Å²) in [6.45, 7) is 0. The number of phenolic OH excluding ortho intramolecular Hbond substituents is 1. The SMILES string of the molecule is O=S(=O)(Nc1ccccc1O)c1ccc(-c2ccncc2)cc1. The van der Waals surface area contributed by atoms with Gasteiger partial charge in [0.05, 0.1) is 10.6 Å². The van der Waals surface area contributed by atoms with Crippen molar-refractivity contribution in [2.75, 3.05) is 4.72 Å². The van der Waals surface area contributed by atoms with Crippen LogP contribution >= 0.6 is 0 Å². The third-order valence-electron chi connectivity index (χ3n) is 3.33. The lowest BCUT2D eigenvalue weighted by molar-refractivity contribution is 0.477. The standard InChI is InChI=1S/C17H14N2O3S/c20-17-4-2-1-3-16(17)19-23(21,22)15-7-5-13(6-8-15)14-9-11-18-12-10-14/h1-12,19-20H. The van der Waals surface area contributed by atoms with Gasteiger partial charge in [-0.25, -0.2) is 8.42 Å². The maximum atomic E-state index is 12.4. The summed E-state index contributed by atoms with van der Waals surface area (Å²) in [5, 5.41) is 9.68. The minimum Gasteiger partial charge on any atom is -0.506 e. The molecule has 0 aliphatic heterocycles. The lowest BCUT2D eigenvalue weighted by Crippen LogP contribution is -2.12. The number of rotatable bonds is 4. The van der Waals surface area contributed by atoms with E-state index in [1.54, 1.807) is 36.7 Å². The van der Waals surface area contributed by atoms with Gasteiger partial charge in [0.15, 0.2) is 0 Å². The van der Waals surface area contributed by atoms with E-state index in [-0.39, 0.29) is 16.3 Å². The fourth-order valence-corrected chi connectivity index (χ4v) is 3.21. The van der Waals surface area contributed by atoms with Crippen LogP contribution in [0.15, 0.2) is 78.0 Å². The molecule has 5 nitrogen and oxygen atoms in total. The largest absolute Gasteiger partial charge is 0.506 e. The van der Waals surface area contributed by atoms with Crippen molar-refractivity contribution >= 4 is 15.7 Å². The molecule has 23 heavy (non-hydrogen) atoms.